The highest BCUT2D eigenvalue weighted by Crippen LogP contribution is 2.34. The lowest BCUT2D eigenvalue weighted by atomic mass is 9.77. The molecule has 1 atom stereocenters. The van der Waals surface area contributed by atoms with Crippen LogP contribution >= 0.6 is 0 Å². The van der Waals surface area contributed by atoms with Crippen LogP contribution in [-0.4, -0.2) is 23.9 Å². The molecule has 1 aliphatic rings. The molecule has 1 amide bonds. The smallest absolute Gasteiger partial charge is 0.222 e. The summed E-state index contributed by atoms with van der Waals surface area (Å²) in [6, 6.07) is 2.31. The van der Waals surface area contributed by atoms with E-state index in [1.165, 1.54) is 0 Å². The van der Waals surface area contributed by atoms with E-state index in [1.54, 1.807) is 0 Å². The lowest BCUT2D eigenvalue weighted by molar-refractivity contribution is -0.130. The number of hydrogen-bond donors (Lipinski definition) is 0. The molecule has 1 unspecified atom stereocenters. The molecule has 0 radical (unpaired) electrons. The second-order valence-electron chi connectivity index (χ2n) is 7.52. The van der Waals surface area contributed by atoms with Gasteiger partial charge in [-0.05, 0) is 44.4 Å². The summed E-state index contributed by atoms with van der Waals surface area (Å²) < 4.78 is 0. The molecule has 0 aromatic heterocycles. The quantitative estimate of drug-likeness (QED) is 0.781. The summed E-state index contributed by atoms with van der Waals surface area (Å²) in [5, 5.41) is 9.04. The zero-order valence-corrected chi connectivity index (χ0v) is 13.1. The molecule has 0 aromatic carbocycles. The van der Waals surface area contributed by atoms with Crippen LogP contribution in [0.2, 0.25) is 0 Å². The van der Waals surface area contributed by atoms with Crippen molar-refractivity contribution in [2.24, 2.45) is 16.7 Å². The number of nitriles is 1. The molecule has 1 fully saturated rings. The van der Waals surface area contributed by atoms with E-state index in [9.17, 15) is 4.79 Å². The predicted octanol–water partition coefficient (Wildman–Crippen LogP) is 3.60. The number of hydrogen-bond acceptors (Lipinski definition) is 2. The van der Waals surface area contributed by atoms with Gasteiger partial charge in [-0.2, -0.15) is 5.26 Å². The average Bonchev–Trinajstić information content (AvgIpc) is 2.48. The highest BCUT2D eigenvalue weighted by molar-refractivity contribution is 5.76. The molecule has 3 nitrogen and oxygen atoms in total. The largest absolute Gasteiger partial charge is 0.343 e. The van der Waals surface area contributed by atoms with Gasteiger partial charge >= 0.3 is 0 Å². The van der Waals surface area contributed by atoms with E-state index < -0.39 is 0 Å². The Morgan fingerprint density at radius 2 is 1.89 bits per heavy atom. The van der Waals surface area contributed by atoms with E-state index in [-0.39, 0.29) is 16.7 Å². The second kappa shape index (κ2) is 5.94. The summed E-state index contributed by atoms with van der Waals surface area (Å²) in [7, 11) is 0. The molecule has 1 rings (SSSR count). The Bertz CT molecular complexity index is 360. The van der Waals surface area contributed by atoms with Gasteiger partial charge in [-0.3, -0.25) is 4.79 Å². The topological polar surface area (TPSA) is 44.1 Å². The van der Waals surface area contributed by atoms with Crippen LogP contribution in [0, 0.1) is 28.1 Å². The SMILES string of the molecule is CC(C)(C#N)CCN1CCC(C(C)(C)C)CCC1=O. The Morgan fingerprint density at radius 1 is 1.26 bits per heavy atom. The second-order valence-corrected chi connectivity index (χ2v) is 7.52. The first-order chi connectivity index (χ1) is 8.65. The first-order valence-electron chi connectivity index (χ1n) is 7.35. The van der Waals surface area contributed by atoms with Crippen LogP contribution in [0.25, 0.3) is 0 Å². The van der Waals surface area contributed by atoms with Gasteiger partial charge in [-0.15, -0.1) is 0 Å². The molecule has 108 valence electrons. The maximum atomic E-state index is 12.1. The third kappa shape index (κ3) is 4.86. The highest BCUT2D eigenvalue weighted by Gasteiger charge is 2.30. The number of likely N-dealkylation sites (tertiary alicyclic amines) is 1. The Labute approximate surface area is 118 Å². The number of rotatable bonds is 3. The molecular formula is C16H28N2O. The van der Waals surface area contributed by atoms with E-state index in [0.717, 1.165) is 32.4 Å². The van der Waals surface area contributed by atoms with Gasteiger partial charge < -0.3 is 4.90 Å². The summed E-state index contributed by atoms with van der Waals surface area (Å²) in [6.07, 6.45) is 3.51. The third-order valence-corrected chi connectivity index (χ3v) is 4.34. The van der Waals surface area contributed by atoms with Crippen LogP contribution < -0.4 is 0 Å². The molecule has 0 spiro atoms. The molecule has 19 heavy (non-hydrogen) atoms. The minimum atomic E-state index is -0.337. The molecule has 3 heteroatoms. The van der Waals surface area contributed by atoms with Gasteiger partial charge in [0.15, 0.2) is 0 Å². The summed E-state index contributed by atoms with van der Waals surface area (Å²) in [4.78, 5) is 14.1. The fourth-order valence-electron chi connectivity index (χ4n) is 2.61. The van der Waals surface area contributed by atoms with Crippen molar-refractivity contribution in [3.63, 3.8) is 0 Å². The van der Waals surface area contributed by atoms with Crippen molar-refractivity contribution in [3.8, 4) is 6.07 Å². The van der Waals surface area contributed by atoms with Gasteiger partial charge in [0.2, 0.25) is 5.91 Å². The number of amides is 1. The minimum Gasteiger partial charge on any atom is -0.343 e. The van der Waals surface area contributed by atoms with E-state index in [4.69, 9.17) is 5.26 Å². The van der Waals surface area contributed by atoms with Crippen LogP contribution in [-0.2, 0) is 4.79 Å². The van der Waals surface area contributed by atoms with Crippen molar-refractivity contribution in [1.82, 2.24) is 4.90 Å². The minimum absolute atomic E-state index is 0.264. The summed E-state index contributed by atoms with van der Waals surface area (Å²) in [6.45, 7) is 12.2. The van der Waals surface area contributed by atoms with Crippen molar-refractivity contribution in [1.29, 1.82) is 5.26 Å². The van der Waals surface area contributed by atoms with Gasteiger partial charge in [0.1, 0.15) is 0 Å². The number of carbonyl (C=O) groups is 1. The summed E-state index contributed by atoms with van der Waals surface area (Å²) in [5.41, 5.74) is -0.0573. The Hall–Kier alpha value is -1.04. The van der Waals surface area contributed by atoms with Gasteiger partial charge in [0.25, 0.3) is 0 Å². The molecule has 1 saturated heterocycles. The molecular weight excluding hydrogens is 236 g/mol. The lowest BCUT2D eigenvalue weighted by Crippen LogP contribution is -2.33. The number of carbonyl (C=O) groups excluding carboxylic acids is 1. The van der Waals surface area contributed by atoms with Crippen LogP contribution in [0.4, 0.5) is 0 Å². The highest BCUT2D eigenvalue weighted by atomic mass is 16.2. The first kappa shape index (κ1) is 16.0. The zero-order chi connectivity index (χ0) is 14.7. The van der Waals surface area contributed by atoms with Crippen molar-refractivity contribution >= 4 is 5.91 Å². The zero-order valence-electron chi connectivity index (χ0n) is 13.1. The van der Waals surface area contributed by atoms with Gasteiger partial charge in [0.05, 0.1) is 11.5 Å². The molecule has 0 N–H and O–H groups in total. The van der Waals surface area contributed by atoms with E-state index in [2.05, 4.69) is 26.8 Å². The van der Waals surface area contributed by atoms with Crippen LogP contribution in [0.1, 0.15) is 60.3 Å². The first-order valence-corrected chi connectivity index (χ1v) is 7.35. The number of nitrogens with zero attached hydrogens (tertiary/aromatic N) is 2. The van der Waals surface area contributed by atoms with Crippen molar-refractivity contribution in [2.75, 3.05) is 13.1 Å². The maximum Gasteiger partial charge on any atom is 0.222 e. The van der Waals surface area contributed by atoms with E-state index >= 15 is 0 Å². The molecule has 0 aromatic rings. The van der Waals surface area contributed by atoms with E-state index in [1.807, 2.05) is 18.7 Å². The third-order valence-electron chi connectivity index (χ3n) is 4.34. The molecule has 1 heterocycles. The van der Waals surface area contributed by atoms with E-state index in [0.29, 0.717) is 12.3 Å². The average molecular weight is 264 g/mol. The Kier molecular flexibility index (Phi) is 5.01. The summed E-state index contributed by atoms with van der Waals surface area (Å²) >= 11 is 0. The van der Waals surface area contributed by atoms with Gasteiger partial charge in [-0.1, -0.05) is 20.8 Å². The molecule has 1 aliphatic heterocycles. The monoisotopic (exact) mass is 264 g/mol. The standard InChI is InChI=1S/C16H28N2O/c1-15(2,3)13-6-7-14(19)18(10-8-13)11-9-16(4,5)12-17/h13H,6-11H2,1-5H3. The molecule has 0 aliphatic carbocycles. The predicted molar refractivity (Wildman–Crippen MR) is 77.4 cm³/mol. The molecule has 0 bridgehead atoms. The summed E-state index contributed by atoms with van der Waals surface area (Å²) in [5.74, 6) is 0.880. The van der Waals surface area contributed by atoms with Crippen LogP contribution in [0.5, 0.6) is 0 Å². The van der Waals surface area contributed by atoms with Crippen molar-refractivity contribution < 1.29 is 4.79 Å². The fraction of sp³-hybridized carbons (Fsp3) is 0.875. The van der Waals surface area contributed by atoms with Gasteiger partial charge in [0, 0.05) is 19.5 Å². The van der Waals surface area contributed by atoms with Crippen molar-refractivity contribution in [3.05, 3.63) is 0 Å². The normalized spacial score (nSPS) is 22.0. The Balaban J connectivity index is 2.58. The Morgan fingerprint density at radius 3 is 2.42 bits per heavy atom. The van der Waals surface area contributed by atoms with Crippen LogP contribution in [0.3, 0.4) is 0 Å². The lowest BCUT2D eigenvalue weighted by Gasteiger charge is -2.30. The van der Waals surface area contributed by atoms with Crippen LogP contribution in [0.15, 0.2) is 0 Å². The van der Waals surface area contributed by atoms with Crippen molar-refractivity contribution in [2.45, 2.75) is 60.3 Å². The molecule has 0 saturated carbocycles. The fourth-order valence-corrected chi connectivity index (χ4v) is 2.61. The maximum absolute atomic E-state index is 12.1. The van der Waals surface area contributed by atoms with Gasteiger partial charge in [-0.25, -0.2) is 0 Å².